The van der Waals surface area contributed by atoms with Crippen molar-refractivity contribution in [2.24, 2.45) is 94.7 Å². The number of ether oxygens (including phenoxy) is 1. The molecule has 1 aromatic carbocycles. The molecular formula is C62H91CoN13O15P+. The Hall–Kier alpha value is -6.53. The van der Waals surface area contributed by atoms with Crippen molar-refractivity contribution in [2.75, 3.05) is 13.2 Å². The zero-order chi connectivity index (χ0) is 66.7. The number of aryl methyl sites for hydroxylation is 2. The number of aliphatic imine (C=N–C) groups is 3. The van der Waals surface area contributed by atoms with Crippen LogP contribution in [0.2, 0.25) is 0 Å². The minimum atomic E-state index is -5.07. The fourth-order valence-corrected chi connectivity index (χ4v) is 16.5. The Morgan fingerprint density at radius 2 is 1.37 bits per heavy atom. The largest absolute Gasteiger partial charge is 2.00 e. The normalized spacial score (nSPS) is 33.5. The van der Waals surface area contributed by atoms with E-state index in [2.05, 4.69) is 10.3 Å². The molecule has 28 nitrogen and oxygen atoms in total. The summed E-state index contributed by atoms with van der Waals surface area (Å²) >= 11 is 0. The number of carbonyl (C=O) groups excluding carboxylic acids is 7. The van der Waals surface area contributed by atoms with Crippen LogP contribution in [-0.4, -0.2) is 138 Å². The molecule has 15 atom stereocenters. The maximum absolute atomic E-state index is 14.4. The molecule has 0 spiro atoms. The predicted molar refractivity (Wildman–Crippen MR) is 337 cm³/mol. The summed E-state index contributed by atoms with van der Waals surface area (Å²) in [4.78, 5) is 125. The Morgan fingerprint density at radius 3 is 1.95 bits per heavy atom. The van der Waals surface area contributed by atoms with E-state index in [1.165, 1.54) is 13.3 Å². The third-order valence-electron chi connectivity index (χ3n) is 20.5. The minimum Gasteiger partial charge on any atom is -0.682 e. The molecule has 8 bridgehead atoms. The second-order valence-electron chi connectivity index (χ2n) is 27.0. The number of carbonyl (C=O) groups is 7. The smallest absolute Gasteiger partial charge is 0.682 e. The second-order valence-corrected chi connectivity index (χ2v) is 28.4. The Kier molecular flexibility index (Phi) is 22.5. The number of nitrogens with one attached hydrogen (secondary N) is 1. The van der Waals surface area contributed by atoms with Crippen molar-refractivity contribution in [2.45, 2.75) is 189 Å². The maximum atomic E-state index is 14.4. The van der Waals surface area contributed by atoms with Gasteiger partial charge in [0.15, 0.2) is 6.23 Å². The summed E-state index contributed by atoms with van der Waals surface area (Å²) in [7, 11) is -5.07. The third-order valence-corrected chi connectivity index (χ3v) is 21.6. The first-order valence-electron chi connectivity index (χ1n) is 30.5. The number of hydrogen-bond donors (Lipinski definition) is 10. The molecule has 18 N–H and O–H groups in total. The molecule has 0 aliphatic carbocycles. The van der Waals surface area contributed by atoms with Gasteiger partial charge in [0.05, 0.1) is 41.3 Å². The molecule has 2 unspecified atom stereocenters. The molecule has 507 valence electrons. The topological polar surface area (TPSA) is 494 Å². The Balaban J connectivity index is 0.00000672. The van der Waals surface area contributed by atoms with E-state index in [9.17, 15) is 53.2 Å². The Bertz CT molecular complexity index is 3550. The number of primary amides is 6. The van der Waals surface area contributed by atoms with Gasteiger partial charge in [-0.05, 0) is 119 Å². The molecule has 7 amide bonds. The number of imidazole rings is 1. The number of nitrogens with two attached hydrogens (primary N) is 6. The molecule has 0 saturated carbocycles. The average molecular weight is 1350 g/mol. The molecule has 1 radical (unpaired) electrons. The van der Waals surface area contributed by atoms with Crippen molar-refractivity contribution in [1.29, 1.82) is 0 Å². The standard InChI is InChI=1S/C62H90N13O14P.Co.H2O/c1-29-20-39-40(21-30(29)2)75(28-70-39)57-52(84)53(41(27-76)87-57)89-90(85,86)88-31(3)26-69-49(83)18-19-59(8)37(22-46(66)80)56-62(11)61(10,25-48(68)82)36(14-17-45(65)79)51(74-62)33(5)55-60(9,24-47(67)81)34(12-15-43(63)77)38(71-55)23-42-58(6,7)35(13-16-44(64)78)50(72-42)32(4)54(59)73-56;;/h20-21,23,28,31,34-37,41,52-53,56-57,76,84H,12-19,22,24-27H2,1-11H3,(H15,63,64,65,66,67,68,69,71,72,73,74,77,78,79,80,81,82,83,85,86);;1H2/q;+2;/p-1/t31-,34+,35+,36+,37-,41+,52+,53?,56+,57-,59+,60-,61-,62-;;/m0../s1. The number of benzene rings is 1. The van der Waals surface area contributed by atoms with Crippen LogP contribution < -0.4 is 39.7 Å². The van der Waals surface area contributed by atoms with Crippen molar-refractivity contribution in [3.8, 4) is 0 Å². The van der Waals surface area contributed by atoms with Gasteiger partial charge in [-0.1, -0.05) is 40.7 Å². The minimum absolute atomic E-state index is 0. The molecule has 2 aromatic rings. The summed E-state index contributed by atoms with van der Waals surface area (Å²) in [6, 6.07) is 2.68. The fraction of sp³-hybridized carbons (Fsp3) is 0.629. The SMILES string of the molecule is C/C1=C2/[N-][C@H]([C@H](CC(N)=O)[C@@]2(C)CCC(=O)NC[C@H](C)OP(=O)(O)OC2[C@@H](O)[C@@H](n3cnc4cc(C)c(C)cc43)O[C@@H]2CO)[C@]2(C)N=C(/C(C)=C3N=C(/C=C4N=C1[C@@H](CCC(N)=O)C/4(C)C)[C@@H](CCC(N)=O)[C@]\3(C)CC(N)=O)[C@@H](CCC(N)=O)[C@]2(C)CC(N)=O.O.[Co+2]. The van der Waals surface area contributed by atoms with Crippen LogP contribution >= 0.6 is 7.82 Å². The van der Waals surface area contributed by atoms with Gasteiger partial charge in [0.25, 0.3) is 0 Å². The number of aromatic nitrogens is 2. The number of amides is 7. The number of aliphatic hydroxyl groups excluding tert-OH is 2. The number of rotatable bonds is 26. The van der Waals surface area contributed by atoms with Gasteiger partial charge in [0.2, 0.25) is 41.4 Å². The molecule has 7 heterocycles. The van der Waals surface area contributed by atoms with Gasteiger partial charge in [-0.25, -0.2) is 9.55 Å². The Morgan fingerprint density at radius 1 is 0.783 bits per heavy atom. The summed E-state index contributed by atoms with van der Waals surface area (Å²) in [5, 5.41) is 30.2. The number of aliphatic hydroxyl groups is 2. The number of allylic oxidation sites excluding steroid dienone is 6. The van der Waals surface area contributed by atoms with Gasteiger partial charge in [-0.15, -0.1) is 0 Å². The van der Waals surface area contributed by atoms with Gasteiger partial charge < -0.3 is 74.9 Å². The third kappa shape index (κ3) is 14.1. The van der Waals surface area contributed by atoms with Crippen molar-refractivity contribution in [1.82, 2.24) is 14.9 Å². The fourth-order valence-electron chi connectivity index (χ4n) is 15.3. The van der Waals surface area contributed by atoms with Crippen LogP contribution in [0.25, 0.3) is 16.4 Å². The van der Waals surface area contributed by atoms with E-state index in [1.807, 2.05) is 80.5 Å². The average Bonchev–Trinajstić information content (AvgIpc) is 1.53. The molecule has 92 heavy (non-hydrogen) atoms. The number of fused-ring (bicyclic) bond motifs is 7. The number of nitrogens with zero attached hydrogens (tertiary/aromatic N) is 6. The molecule has 2 fully saturated rings. The second kappa shape index (κ2) is 27.8. The molecule has 8 rings (SSSR count). The van der Waals surface area contributed by atoms with E-state index in [1.54, 1.807) is 11.5 Å². The Labute approximate surface area is 545 Å². The van der Waals surface area contributed by atoms with Gasteiger partial charge in [0.1, 0.15) is 18.3 Å². The van der Waals surface area contributed by atoms with E-state index in [4.69, 9.17) is 68.5 Å². The van der Waals surface area contributed by atoms with Crippen LogP contribution in [0.4, 0.5) is 0 Å². The number of hydrogen-bond acceptors (Lipinski definition) is 17. The molecule has 30 heteroatoms. The molecule has 2 saturated heterocycles. The molecule has 6 aliphatic heterocycles. The first kappa shape index (κ1) is 74.5. The van der Waals surface area contributed by atoms with Gasteiger partial charge in [0, 0.05) is 108 Å². The first-order valence-corrected chi connectivity index (χ1v) is 32.0. The van der Waals surface area contributed by atoms with Gasteiger partial charge >= 0.3 is 24.6 Å². The van der Waals surface area contributed by atoms with E-state index in [-0.39, 0.29) is 99.4 Å². The number of phosphoric ester groups is 1. The van der Waals surface area contributed by atoms with Crippen LogP contribution in [0.1, 0.15) is 150 Å². The summed E-state index contributed by atoms with van der Waals surface area (Å²) in [6.07, 6.45) is -4.47. The van der Waals surface area contributed by atoms with Crippen LogP contribution in [0, 0.1) is 59.2 Å². The van der Waals surface area contributed by atoms with E-state index < -0.39 is 143 Å². The molecule has 6 aliphatic rings. The van der Waals surface area contributed by atoms with Crippen molar-refractivity contribution in [3.05, 3.63) is 69.2 Å². The van der Waals surface area contributed by atoms with Crippen LogP contribution in [0.15, 0.2) is 67.8 Å². The number of phosphoric acid groups is 1. The zero-order valence-electron chi connectivity index (χ0n) is 54.0. The van der Waals surface area contributed by atoms with E-state index >= 15 is 0 Å². The van der Waals surface area contributed by atoms with Gasteiger partial charge in [-0.3, -0.25) is 57.6 Å². The maximum Gasteiger partial charge on any atom is 2.00 e. The van der Waals surface area contributed by atoms with Crippen LogP contribution in [0.3, 0.4) is 0 Å². The molecule has 1 aromatic heterocycles. The summed E-state index contributed by atoms with van der Waals surface area (Å²) < 4.78 is 32.3. The quantitative estimate of drug-likeness (QED) is 0.0605. The van der Waals surface area contributed by atoms with Gasteiger partial charge in [-0.2, -0.15) is 5.70 Å². The van der Waals surface area contributed by atoms with Crippen LogP contribution in [0.5, 0.6) is 0 Å². The van der Waals surface area contributed by atoms with E-state index in [0.717, 1.165) is 11.1 Å². The zero-order valence-corrected chi connectivity index (χ0v) is 56.0. The predicted octanol–water partition coefficient (Wildman–Crippen LogP) is 3.12. The summed E-state index contributed by atoms with van der Waals surface area (Å²) in [6.45, 7) is 19.1. The van der Waals surface area contributed by atoms with Crippen molar-refractivity contribution in [3.63, 3.8) is 0 Å². The summed E-state index contributed by atoms with van der Waals surface area (Å²) in [5.41, 5.74) is 36.8. The molecular weight excluding hydrogens is 1260 g/mol. The van der Waals surface area contributed by atoms with Crippen molar-refractivity contribution >= 4 is 77.3 Å². The van der Waals surface area contributed by atoms with Crippen LogP contribution in [-0.2, 0) is 68.7 Å². The first-order chi connectivity index (χ1) is 41.8. The van der Waals surface area contributed by atoms with Crippen molar-refractivity contribution < 1.29 is 89.3 Å². The monoisotopic (exact) mass is 1350 g/mol. The summed E-state index contributed by atoms with van der Waals surface area (Å²) in [5.74, 6) is -7.34. The van der Waals surface area contributed by atoms with E-state index in [0.29, 0.717) is 56.4 Å².